The van der Waals surface area contributed by atoms with E-state index < -0.39 is 5.97 Å². The van der Waals surface area contributed by atoms with Crippen LogP contribution in [0.4, 0.5) is 0 Å². The minimum Gasteiger partial charge on any atom is -0.462 e. The van der Waals surface area contributed by atoms with Gasteiger partial charge in [0.05, 0.1) is 6.61 Å². The van der Waals surface area contributed by atoms with Crippen molar-refractivity contribution in [2.75, 3.05) is 6.61 Å². The molecule has 78 valence electrons. The Morgan fingerprint density at radius 2 is 2.60 bits per heavy atom. The Morgan fingerprint density at radius 1 is 1.80 bits per heavy atom. The number of ether oxygens (including phenoxy) is 1. The molecule has 1 rings (SSSR count). The van der Waals surface area contributed by atoms with Gasteiger partial charge in [0.15, 0.2) is 0 Å². The summed E-state index contributed by atoms with van der Waals surface area (Å²) in [5.41, 5.74) is 9.08. The van der Waals surface area contributed by atoms with Gasteiger partial charge in [-0.2, -0.15) is 11.3 Å². The number of esters is 1. The SMILES string of the molecule is CCOC(=O)C(=Cc1ccsc1)N=[N+]=[N-]. The lowest BCUT2D eigenvalue weighted by atomic mass is 10.3. The van der Waals surface area contributed by atoms with Gasteiger partial charge in [-0.05, 0) is 40.9 Å². The summed E-state index contributed by atoms with van der Waals surface area (Å²) in [5.74, 6) is -0.610. The lowest BCUT2D eigenvalue weighted by Gasteiger charge is -1.99. The number of nitrogens with zero attached hydrogens (tertiary/aromatic N) is 3. The summed E-state index contributed by atoms with van der Waals surface area (Å²) < 4.78 is 4.74. The normalized spacial score (nSPS) is 10.6. The summed E-state index contributed by atoms with van der Waals surface area (Å²) in [4.78, 5) is 13.9. The molecule has 0 fully saturated rings. The molecule has 0 bridgehead atoms. The Labute approximate surface area is 90.6 Å². The highest BCUT2D eigenvalue weighted by molar-refractivity contribution is 7.08. The van der Waals surface area contributed by atoms with Crippen LogP contribution in [0.5, 0.6) is 0 Å². The highest BCUT2D eigenvalue weighted by atomic mass is 32.1. The molecule has 6 heteroatoms. The molecule has 1 aromatic rings. The second-order valence-electron chi connectivity index (χ2n) is 2.50. The Bertz CT molecular complexity index is 405. The molecule has 1 aromatic heterocycles. The van der Waals surface area contributed by atoms with E-state index in [1.807, 2.05) is 16.8 Å². The van der Waals surface area contributed by atoms with Crippen LogP contribution in [-0.2, 0) is 9.53 Å². The van der Waals surface area contributed by atoms with Gasteiger partial charge >= 0.3 is 5.97 Å². The lowest BCUT2D eigenvalue weighted by Crippen LogP contribution is -2.05. The van der Waals surface area contributed by atoms with Crippen LogP contribution in [0.15, 0.2) is 27.6 Å². The van der Waals surface area contributed by atoms with Gasteiger partial charge in [0.1, 0.15) is 5.70 Å². The number of hydrogen-bond acceptors (Lipinski definition) is 4. The van der Waals surface area contributed by atoms with Crippen LogP contribution in [0.1, 0.15) is 12.5 Å². The molecular weight excluding hydrogens is 214 g/mol. The number of carbonyl (C=O) groups excluding carboxylic acids is 1. The van der Waals surface area contributed by atoms with Gasteiger partial charge in [0.25, 0.3) is 0 Å². The molecule has 0 aromatic carbocycles. The predicted molar refractivity (Wildman–Crippen MR) is 58.1 cm³/mol. The molecule has 0 aliphatic heterocycles. The molecule has 0 aliphatic carbocycles. The molecule has 0 unspecified atom stereocenters. The lowest BCUT2D eigenvalue weighted by molar-refractivity contribution is -0.138. The Morgan fingerprint density at radius 3 is 3.13 bits per heavy atom. The number of thiophene rings is 1. The minimum atomic E-state index is -0.610. The van der Waals surface area contributed by atoms with E-state index in [1.54, 1.807) is 6.92 Å². The molecule has 1 heterocycles. The van der Waals surface area contributed by atoms with Crippen molar-refractivity contribution >= 4 is 23.4 Å². The molecule has 0 aliphatic rings. The molecule has 15 heavy (non-hydrogen) atoms. The van der Waals surface area contributed by atoms with E-state index in [4.69, 9.17) is 10.3 Å². The molecule has 0 saturated carbocycles. The summed E-state index contributed by atoms with van der Waals surface area (Å²) in [7, 11) is 0. The maximum atomic E-state index is 11.3. The summed E-state index contributed by atoms with van der Waals surface area (Å²) in [6.45, 7) is 1.94. The Balaban J connectivity index is 2.92. The van der Waals surface area contributed by atoms with Crippen LogP contribution in [0.25, 0.3) is 16.5 Å². The molecule has 0 atom stereocenters. The summed E-state index contributed by atoms with van der Waals surface area (Å²) in [6.07, 6.45) is 1.49. The zero-order valence-corrected chi connectivity index (χ0v) is 8.90. The van der Waals surface area contributed by atoms with Crippen molar-refractivity contribution in [2.24, 2.45) is 5.11 Å². The van der Waals surface area contributed by atoms with Crippen LogP contribution in [0.2, 0.25) is 0 Å². The van der Waals surface area contributed by atoms with E-state index in [-0.39, 0.29) is 12.3 Å². The summed E-state index contributed by atoms with van der Waals surface area (Å²) >= 11 is 1.49. The topological polar surface area (TPSA) is 75.1 Å². The number of hydrogen-bond donors (Lipinski definition) is 0. The molecule has 0 amide bonds. The van der Waals surface area contributed by atoms with Crippen LogP contribution in [0, 0.1) is 0 Å². The third kappa shape index (κ3) is 3.46. The van der Waals surface area contributed by atoms with Crippen molar-refractivity contribution in [3.8, 4) is 0 Å². The third-order valence-corrected chi connectivity index (χ3v) is 2.19. The Hall–Kier alpha value is -1.78. The van der Waals surface area contributed by atoms with E-state index in [1.165, 1.54) is 17.4 Å². The average molecular weight is 223 g/mol. The van der Waals surface area contributed by atoms with Crippen molar-refractivity contribution in [3.05, 3.63) is 38.5 Å². The first-order valence-electron chi connectivity index (χ1n) is 4.24. The smallest absolute Gasteiger partial charge is 0.340 e. The maximum Gasteiger partial charge on any atom is 0.340 e. The van der Waals surface area contributed by atoms with Gasteiger partial charge in [0, 0.05) is 4.91 Å². The number of carbonyl (C=O) groups is 1. The molecular formula is C9H9N3O2S. The summed E-state index contributed by atoms with van der Waals surface area (Å²) in [5, 5.41) is 6.99. The van der Waals surface area contributed by atoms with E-state index in [0.29, 0.717) is 0 Å². The van der Waals surface area contributed by atoms with E-state index in [9.17, 15) is 4.79 Å². The highest BCUT2D eigenvalue weighted by Gasteiger charge is 2.08. The first-order valence-corrected chi connectivity index (χ1v) is 5.18. The standard InChI is InChI=1S/C9H9N3O2S/c1-2-14-9(13)8(11-12-10)5-7-3-4-15-6-7/h3-6H,2H2,1H3. The van der Waals surface area contributed by atoms with Crippen LogP contribution < -0.4 is 0 Å². The van der Waals surface area contributed by atoms with Gasteiger partial charge in [-0.1, -0.05) is 5.11 Å². The highest BCUT2D eigenvalue weighted by Crippen LogP contribution is 2.13. The largest absolute Gasteiger partial charge is 0.462 e. The first-order chi connectivity index (χ1) is 7.27. The molecule has 0 radical (unpaired) electrons. The van der Waals surface area contributed by atoms with Gasteiger partial charge in [0.2, 0.25) is 0 Å². The van der Waals surface area contributed by atoms with Crippen molar-refractivity contribution in [2.45, 2.75) is 6.92 Å². The van der Waals surface area contributed by atoms with E-state index in [0.717, 1.165) is 5.56 Å². The second kappa shape index (κ2) is 5.85. The van der Waals surface area contributed by atoms with Crippen molar-refractivity contribution < 1.29 is 9.53 Å². The second-order valence-corrected chi connectivity index (χ2v) is 3.28. The zero-order chi connectivity index (χ0) is 11.1. The summed E-state index contributed by atoms with van der Waals surface area (Å²) in [6, 6.07) is 1.82. The average Bonchev–Trinajstić information content (AvgIpc) is 2.70. The predicted octanol–water partition coefficient (Wildman–Crippen LogP) is 2.96. The van der Waals surface area contributed by atoms with E-state index >= 15 is 0 Å². The third-order valence-electron chi connectivity index (χ3n) is 1.48. The number of azide groups is 1. The van der Waals surface area contributed by atoms with Gasteiger partial charge < -0.3 is 4.74 Å². The molecule has 0 spiro atoms. The van der Waals surface area contributed by atoms with Gasteiger partial charge in [-0.3, -0.25) is 0 Å². The monoisotopic (exact) mass is 223 g/mol. The Kier molecular flexibility index (Phi) is 4.40. The molecule has 5 nitrogen and oxygen atoms in total. The quantitative estimate of drug-likeness (QED) is 0.259. The van der Waals surface area contributed by atoms with Crippen molar-refractivity contribution in [3.63, 3.8) is 0 Å². The van der Waals surface area contributed by atoms with Crippen LogP contribution in [-0.4, -0.2) is 12.6 Å². The zero-order valence-electron chi connectivity index (χ0n) is 8.08. The minimum absolute atomic E-state index is 0.0299. The number of rotatable bonds is 4. The van der Waals surface area contributed by atoms with E-state index in [2.05, 4.69) is 10.0 Å². The van der Waals surface area contributed by atoms with Crippen molar-refractivity contribution in [1.82, 2.24) is 0 Å². The van der Waals surface area contributed by atoms with Crippen molar-refractivity contribution in [1.29, 1.82) is 0 Å². The maximum absolute atomic E-state index is 11.3. The van der Waals surface area contributed by atoms with Crippen LogP contribution >= 0.6 is 11.3 Å². The van der Waals surface area contributed by atoms with Crippen LogP contribution in [0.3, 0.4) is 0 Å². The fourth-order valence-corrected chi connectivity index (χ4v) is 1.51. The molecule has 0 saturated heterocycles. The van der Waals surface area contributed by atoms with Gasteiger partial charge in [-0.25, -0.2) is 4.79 Å². The first kappa shape index (κ1) is 11.3. The fourth-order valence-electron chi connectivity index (χ4n) is 0.897. The molecule has 0 N–H and O–H groups in total. The fraction of sp³-hybridized carbons (Fsp3) is 0.222. The van der Waals surface area contributed by atoms with Gasteiger partial charge in [-0.15, -0.1) is 0 Å².